The topological polar surface area (TPSA) is 69.7 Å². The minimum Gasteiger partial charge on any atom is -0.352 e. The predicted molar refractivity (Wildman–Crippen MR) is 161 cm³/mol. The minimum absolute atomic E-state index is 0.0395. The molecule has 40 heavy (non-hydrogen) atoms. The number of hydrogen-bond acceptors (Lipinski definition) is 3. The minimum atomic E-state index is -0.618. The third-order valence-electron chi connectivity index (χ3n) is 8.11. The van der Waals surface area contributed by atoms with Gasteiger partial charge < -0.3 is 15.1 Å². The molecule has 1 N–H and O–H groups in total. The van der Waals surface area contributed by atoms with Crippen LogP contribution in [0.25, 0.3) is 10.8 Å². The number of amides is 3. The van der Waals surface area contributed by atoms with E-state index in [1.54, 1.807) is 28.0 Å². The Kier molecular flexibility index (Phi) is 8.97. The second-order valence-electron chi connectivity index (χ2n) is 10.8. The molecular weight excluding hydrogens is 545 g/mol. The first-order valence-corrected chi connectivity index (χ1v) is 15.0. The molecule has 3 amide bonds. The van der Waals surface area contributed by atoms with Crippen molar-refractivity contribution in [1.82, 2.24) is 10.2 Å². The number of benzene rings is 3. The number of nitrogens with zero attached hydrogens (tertiary/aromatic N) is 2. The Morgan fingerprint density at radius 2 is 1.80 bits per heavy atom. The first-order valence-electron chi connectivity index (χ1n) is 14.2. The average molecular weight is 581 g/mol. The van der Waals surface area contributed by atoms with Gasteiger partial charge in [0.1, 0.15) is 6.04 Å². The fourth-order valence-electron chi connectivity index (χ4n) is 6.03. The molecule has 1 fully saturated rings. The standard InChI is InChI=1S/C32H35Cl2N3O3/c1-2-27(31(39)35-24-11-4-3-5-12-24)37(20-22-16-17-23(33)19-26(22)34)29(38)15-8-18-36-28-14-7-10-21-9-6-13-25(30(21)28)32(36)40/h6-7,9-10,13-14,16-17,19,24,27H,2-5,8,11-12,15,18,20H2,1H3,(H,35,39). The normalized spacial score (nSPS) is 15.9. The average Bonchev–Trinajstić information content (AvgIpc) is 3.22. The summed E-state index contributed by atoms with van der Waals surface area (Å²) in [4.78, 5) is 43.8. The van der Waals surface area contributed by atoms with Crippen molar-refractivity contribution in [1.29, 1.82) is 0 Å². The Morgan fingerprint density at radius 1 is 1.05 bits per heavy atom. The smallest absolute Gasteiger partial charge is 0.258 e. The van der Waals surface area contributed by atoms with Crippen molar-refractivity contribution in [3.63, 3.8) is 0 Å². The van der Waals surface area contributed by atoms with Gasteiger partial charge in [-0.15, -0.1) is 0 Å². The van der Waals surface area contributed by atoms with Crippen LogP contribution in [0.2, 0.25) is 10.0 Å². The van der Waals surface area contributed by atoms with Gasteiger partial charge in [-0.1, -0.05) is 79.7 Å². The Balaban J connectivity index is 1.31. The molecule has 0 saturated heterocycles. The zero-order chi connectivity index (χ0) is 28.2. The van der Waals surface area contributed by atoms with E-state index in [2.05, 4.69) is 5.32 Å². The molecule has 1 unspecified atom stereocenters. The van der Waals surface area contributed by atoms with E-state index in [4.69, 9.17) is 23.2 Å². The van der Waals surface area contributed by atoms with Gasteiger partial charge in [0.15, 0.2) is 0 Å². The van der Waals surface area contributed by atoms with Crippen molar-refractivity contribution in [2.24, 2.45) is 0 Å². The van der Waals surface area contributed by atoms with Gasteiger partial charge in [0.05, 0.1) is 5.69 Å². The summed E-state index contributed by atoms with van der Waals surface area (Å²) in [5.74, 6) is -0.300. The number of nitrogens with one attached hydrogen (secondary N) is 1. The summed E-state index contributed by atoms with van der Waals surface area (Å²) in [6.45, 7) is 2.55. The summed E-state index contributed by atoms with van der Waals surface area (Å²) in [6.07, 6.45) is 6.51. The molecule has 2 aliphatic rings. The fraction of sp³-hybridized carbons (Fsp3) is 0.406. The lowest BCUT2D eigenvalue weighted by Gasteiger charge is -2.33. The van der Waals surface area contributed by atoms with Gasteiger partial charge in [0.25, 0.3) is 5.91 Å². The van der Waals surface area contributed by atoms with Gasteiger partial charge in [0, 0.05) is 46.5 Å². The molecule has 3 aromatic rings. The number of carbonyl (C=O) groups is 3. The van der Waals surface area contributed by atoms with Crippen LogP contribution in [0.4, 0.5) is 5.69 Å². The number of hydrogen-bond donors (Lipinski definition) is 1. The largest absolute Gasteiger partial charge is 0.352 e. The Labute approximate surface area is 245 Å². The van der Waals surface area contributed by atoms with E-state index in [9.17, 15) is 14.4 Å². The summed E-state index contributed by atoms with van der Waals surface area (Å²) in [5, 5.41) is 6.17. The van der Waals surface area contributed by atoms with E-state index >= 15 is 0 Å². The zero-order valence-corrected chi connectivity index (χ0v) is 24.3. The monoisotopic (exact) mass is 579 g/mol. The third kappa shape index (κ3) is 5.98. The van der Waals surface area contributed by atoms with Gasteiger partial charge in [-0.25, -0.2) is 0 Å². The quantitative estimate of drug-likeness (QED) is 0.277. The van der Waals surface area contributed by atoms with Gasteiger partial charge >= 0.3 is 0 Å². The molecule has 3 aromatic carbocycles. The number of anilines is 1. The van der Waals surface area contributed by atoms with Gasteiger partial charge in [0.2, 0.25) is 11.8 Å². The highest BCUT2D eigenvalue weighted by atomic mass is 35.5. The van der Waals surface area contributed by atoms with Gasteiger partial charge in [-0.3, -0.25) is 14.4 Å². The van der Waals surface area contributed by atoms with Crippen LogP contribution in [0.1, 0.15) is 74.2 Å². The first kappa shape index (κ1) is 28.4. The summed E-state index contributed by atoms with van der Waals surface area (Å²) in [5.41, 5.74) is 2.32. The summed E-state index contributed by atoms with van der Waals surface area (Å²) in [7, 11) is 0. The number of halogens is 2. The molecule has 0 radical (unpaired) electrons. The highest BCUT2D eigenvalue weighted by Gasteiger charge is 2.32. The van der Waals surface area contributed by atoms with E-state index < -0.39 is 6.04 Å². The lowest BCUT2D eigenvalue weighted by atomic mass is 9.95. The van der Waals surface area contributed by atoms with Gasteiger partial charge in [-0.2, -0.15) is 0 Å². The van der Waals surface area contributed by atoms with E-state index in [-0.39, 0.29) is 36.7 Å². The molecular formula is C32H35Cl2N3O3. The predicted octanol–water partition coefficient (Wildman–Crippen LogP) is 7.14. The van der Waals surface area contributed by atoms with Crippen molar-refractivity contribution >= 4 is 57.4 Å². The van der Waals surface area contributed by atoms with Crippen LogP contribution in [0, 0.1) is 0 Å². The molecule has 1 atom stereocenters. The summed E-state index contributed by atoms with van der Waals surface area (Å²) >= 11 is 12.6. The molecule has 6 nitrogen and oxygen atoms in total. The molecule has 1 aliphatic carbocycles. The molecule has 8 heteroatoms. The molecule has 1 saturated carbocycles. The van der Waals surface area contributed by atoms with Crippen molar-refractivity contribution in [2.75, 3.05) is 11.4 Å². The van der Waals surface area contributed by atoms with Gasteiger partial charge in [-0.05, 0) is 60.9 Å². The van der Waals surface area contributed by atoms with E-state index in [1.165, 1.54) is 6.42 Å². The molecule has 0 spiro atoms. The molecule has 1 aliphatic heterocycles. The molecule has 210 valence electrons. The van der Waals surface area contributed by atoms with Crippen LogP contribution in [0.3, 0.4) is 0 Å². The molecule has 0 aromatic heterocycles. The van der Waals surface area contributed by atoms with Crippen LogP contribution >= 0.6 is 23.2 Å². The van der Waals surface area contributed by atoms with Crippen LogP contribution in [0.5, 0.6) is 0 Å². The lowest BCUT2D eigenvalue weighted by Crippen LogP contribution is -2.51. The first-order chi connectivity index (χ1) is 19.4. The maximum atomic E-state index is 13.8. The van der Waals surface area contributed by atoms with Crippen molar-refractivity contribution < 1.29 is 14.4 Å². The number of rotatable bonds is 10. The van der Waals surface area contributed by atoms with Crippen molar-refractivity contribution in [3.05, 3.63) is 75.8 Å². The molecule has 5 rings (SSSR count). The maximum absolute atomic E-state index is 13.8. The Bertz CT molecular complexity index is 1410. The second-order valence-corrected chi connectivity index (χ2v) is 11.6. The summed E-state index contributed by atoms with van der Waals surface area (Å²) < 4.78 is 0. The Hall–Kier alpha value is -3.09. The van der Waals surface area contributed by atoms with Crippen LogP contribution < -0.4 is 10.2 Å². The Morgan fingerprint density at radius 3 is 2.52 bits per heavy atom. The molecule has 0 bridgehead atoms. The summed E-state index contributed by atoms with van der Waals surface area (Å²) in [6, 6.07) is 16.4. The van der Waals surface area contributed by atoms with E-state index in [1.807, 2.05) is 43.3 Å². The fourth-order valence-corrected chi connectivity index (χ4v) is 6.50. The van der Waals surface area contributed by atoms with E-state index in [0.717, 1.165) is 47.7 Å². The zero-order valence-electron chi connectivity index (χ0n) is 22.8. The third-order valence-corrected chi connectivity index (χ3v) is 8.70. The van der Waals surface area contributed by atoms with E-state index in [0.29, 0.717) is 35.0 Å². The maximum Gasteiger partial charge on any atom is 0.258 e. The molecule has 1 heterocycles. The highest BCUT2D eigenvalue weighted by Crippen LogP contribution is 2.37. The van der Waals surface area contributed by atoms with Crippen LogP contribution in [-0.2, 0) is 16.1 Å². The van der Waals surface area contributed by atoms with Crippen LogP contribution in [0.15, 0.2) is 54.6 Å². The lowest BCUT2D eigenvalue weighted by molar-refractivity contribution is -0.141. The SMILES string of the molecule is CCC(C(=O)NC1CCCCC1)N(Cc1ccc(Cl)cc1Cl)C(=O)CCCN1C(=O)c2cccc3cccc1c23. The number of carbonyl (C=O) groups excluding carboxylic acids is 3. The van der Waals surface area contributed by atoms with Crippen LogP contribution in [-0.4, -0.2) is 41.2 Å². The highest BCUT2D eigenvalue weighted by molar-refractivity contribution is 6.35. The van der Waals surface area contributed by atoms with Crippen molar-refractivity contribution in [3.8, 4) is 0 Å². The van der Waals surface area contributed by atoms with Crippen molar-refractivity contribution in [2.45, 2.75) is 76.9 Å². The second kappa shape index (κ2) is 12.6.